The second-order valence-electron chi connectivity index (χ2n) is 5.70. The van der Waals surface area contributed by atoms with E-state index in [1.807, 2.05) is 6.07 Å². The fraction of sp³-hybridized carbons (Fsp3) is 0.500. The lowest BCUT2D eigenvalue weighted by Crippen LogP contribution is -2.27. The van der Waals surface area contributed by atoms with Crippen LogP contribution < -0.4 is 10.1 Å². The molecule has 1 aliphatic heterocycles. The van der Waals surface area contributed by atoms with Gasteiger partial charge in [-0.3, -0.25) is 0 Å². The first kappa shape index (κ1) is 16.0. The summed E-state index contributed by atoms with van der Waals surface area (Å²) in [5.41, 5.74) is 1.31. The Morgan fingerprint density at radius 1 is 1.30 bits per heavy atom. The monoisotopic (exact) mass is 328 g/mol. The molecular formula is C16H19F3N2O2. The summed E-state index contributed by atoms with van der Waals surface area (Å²) >= 11 is 0. The van der Waals surface area contributed by atoms with Gasteiger partial charge in [-0.15, -0.1) is 0 Å². The van der Waals surface area contributed by atoms with Crippen molar-refractivity contribution in [1.82, 2.24) is 4.57 Å². The second-order valence-corrected chi connectivity index (χ2v) is 5.70. The number of benzene rings is 1. The molecule has 1 saturated heterocycles. The van der Waals surface area contributed by atoms with Gasteiger partial charge in [0, 0.05) is 48.7 Å². The zero-order valence-electron chi connectivity index (χ0n) is 12.8. The van der Waals surface area contributed by atoms with Crippen LogP contribution in [0.1, 0.15) is 12.8 Å². The van der Waals surface area contributed by atoms with Gasteiger partial charge >= 0.3 is 6.18 Å². The van der Waals surface area contributed by atoms with E-state index in [1.165, 1.54) is 17.9 Å². The number of fused-ring (bicyclic) bond motifs is 1. The minimum Gasteiger partial charge on any atom is -0.497 e. The number of ether oxygens (including phenoxy) is 2. The van der Waals surface area contributed by atoms with E-state index in [0.29, 0.717) is 24.5 Å². The van der Waals surface area contributed by atoms with Crippen molar-refractivity contribution in [3.05, 3.63) is 24.4 Å². The van der Waals surface area contributed by atoms with Crippen molar-refractivity contribution < 1.29 is 22.6 Å². The SMILES string of the molecule is COc1cc(NC2CCOCC2)c2ccn(CC(F)(F)F)c2c1. The predicted molar refractivity (Wildman–Crippen MR) is 82.0 cm³/mol. The van der Waals surface area contributed by atoms with Crippen molar-refractivity contribution in [2.45, 2.75) is 31.6 Å². The molecule has 1 aliphatic rings. The molecule has 0 amide bonds. The van der Waals surface area contributed by atoms with Gasteiger partial charge in [0.1, 0.15) is 12.3 Å². The Balaban J connectivity index is 1.96. The van der Waals surface area contributed by atoms with Crippen LogP contribution in [0, 0.1) is 0 Å². The quantitative estimate of drug-likeness (QED) is 0.927. The number of anilines is 1. The van der Waals surface area contributed by atoms with Crippen LogP contribution in [0.3, 0.4) is 0 Å². The number of rotatable bonds is 4. The molecule has 1 N–H and O–H groups in total. The molecule has 1 fully saturated rings. The van der Waals surface area contributed by atoms with E-state index in [0.717, 1.165) is 23.9 Å². The molecule has 3 rings (SSSR count). The van der Waals surface area contributed by atoms with E-state index in [9.17, 15) is 13.2 Å². The largest absolute Gasteiger partial charge is 0.497 e. The van der Waals surface area contributed by atoms with Gasteiger partial charge in [-0.1, -0.05) is 0 Å². The van der Waals surface area contributed by atoms with Crippen LogP contribution in [0.4, 0.5) is 18.9 Å². The Morgan fingerprint density at radius 2 is 2.04 bits per heavy atom. The Morgan fingerprint density at radius 3 is 2.70 bits per heavy atom. The highest BCUT2D eigenvalue weighted by Crippen LogP contribution is 2.33. The van der Waals surface area contributed by atoms with Crippen molar-refractivity contribution in [1.29, 1.82) is 0 Å². The van der Waals surface area contributed by atoms with E-state index >= 15 is 0 Å². The fourth-order valence-corrected chi connectivity index (χ4v) is 2.90. The first-order chi connectivity index (χ1) is 11.0. The third-order valence-electron chi connectivity index (χ3n) is 4.03. The van der Waals surface area contributed by atoms with E-state index in [4.69, 9.17) is 9.47 Å². The third-order valence-corrected chi connectivity index (χ3v) is 4.03. The molecule has 0 atom stereocenters. The molecule has 0 radical (unpaired) electrons. The summed E-state index contributed by atoms with van der Waals surface area (Å²) < 4.78 is 49.9. The van der Waals surface area contributed by atoms with E-state index < -0.39 is 12.7 Å². The van der Waals surface area contributed by atoms with Crippen LogP contribution in [-0.4, -0.2) is 37.1 Å². The normalized spacial score (nSPS) is 16.7. The van der Waals surface area contributed by atoms with Crippen LogP contribution >= 0.6 is 0 Å². The van der Waals surface area contributed by atoms with Gasteiger partial charge in [0.15, 0.2) is 0 Å². The maximum absolute atomic E-state index is 12.7. The lowest BCUT2D eigenvalue weighted by Gasteiger charge is -2.25. The molecule has 23 heavy (non-hydrogen) atoms. The summed E-state index contributed by atoms with van der Waals surface area (Å²) in [6, 6.07) is 5.43. The van der Waals surface area contributed by atoms with Crippen molar-refractivity contribution >= 4 is 16.6 Å². The number of methoxy groups -OCH3 is 1. The molecule has 0 unspecified atom stereocenters. The van der Waals surface area contributed by atoms with Gasteiger partial charge in [0.25, 0.3) is 0 Å². The molecule has 7 heteroatoms. The number of aromatic nitrogens is 1. The van der Waals surface area contributed by atoms with Crippen molar-refractivity contribution in [2.24, 2.45) is 0 Å². The van der Waals surface area contributed by atoms with Crippen LogP contribution in [-0.2, 0) is 11.3 Å². The molecule has 0 saturated carbocycles. The Hall–Kier alpha value is -1.89. The highest BCUT2D eigenvalue weighted by atomic mass is 19.4. The highest BCUT2D eigenvalue weighted by Gasteiger charge is 2.28. The van der Waals surface area contributed by atoms with Crippen LogP contribution in [0.5, 0.6) is 5.75 Å². The Labute approximate surface area is 132 Å². The maximum Gasteiger partial charge on any atom is 0.406 e. The van der Waals surface area contributed by atoms with Gasteiger partial charge in [-0.05, 0) is 18.9 Å². The summed E-state index contributed by atoms with van der Waals surface area (Å²) in [6.07, 6.45) is -1.04. The molecule has 2 heterocycles. The number of halogens is 3. The summed E-state index contributed by atoms with van der Waals surface area (Å²) in [4.78, 5) is 0. The minimum absolute atomic E-state index is 0.255. The average Bonchev–Trinajstić information content (AvgIpc) is 2.89. The van der Waals surface area contributed by atoms with E-state index in [1.54, 1.807) is 12.1 Å². The zero-order valence-corrected chi connectivity index (χ0v) is 12.8. The molecule has 0 spiro atoms. The molecule has 4 nitrogen and oxygen atoms in total. The molecular weight excluding hydrogens is 309 g/mol. The summed E-state index contributed by atoms with van der Waals surface area (Å²) in [7, 11) is 1.51. The summed E-state index contributed by atoms with van der Waals surface area (Å²) in [5, 5.41) is 4.19. The number of hydrogen-bond donors (Lipinski definition) is 1. The van der Waals surface area contributed by atoms with Gasteiger partial charge < -0.3 is 19.4 Å². The van der Waals surface area contributed by atoms with Gasteiger partial charge in [-0.25, -0.2) is 0 Å². The molecule has 1 aromatic heterocycles. The lowest BCUT2D eigenvalue weighted by atomic mass is 10.1. The summed E-state index contributed by atoms with van der Waals surface area (Å²) in [5.74, 6) is 0.536. The smallest absolute Gasteiger partial charge is 0.406 e. The Kier molecular flexibility index (Phi) is 4.39. The van der Waals surface area contributed by atoms with Crippen LogP contribution in [0.25, 0.3) is 10.9 Å². The Bertz CT molecular complexity index is 676. The topological polar surface area (TPSA) is 35.4 Å². The minimum atomic E-state index is -4.26. The molecule has 126 valence electrons. The van der Waals surface area contributed by atoms with Gasteiger partial charge in [0.2, 0.25) is 0 Å². The first-order valence-electron chi connectivity index (χ1n) is 7.54. The molecule has 0 bridgehead atoms. The molecule has 2 aromatic rings. The van der Waals surface area contributed by atoms with Crippen molar-refractivity contribution in [3.63, 3.8) is 0 Å². The molecule has 1 aromatic carbocycles. The van der Waals surface area contributed by atoms with Gasteiger partial charge in [-0.2, -0.15) is 13.2 Å². The van der Waals surface area contributed by atoms with E-state index in [2.05, 4.69) is 5.32 Å². The highest BCUT2D eigenvalue weighted by molar-refractivity contribution is 5.94. The maximum atomic E-state index is 12.7. The fourth-order valence-electron chi connectivity index (χ4n) is 2.90. The zero-order chi connectivity index (χ0) is 16.4. The van der Waals surface area contributed by atoms with Crippen LogP contribution in [0.15, 0.2) is 24.4 Å². The second kappa shape index (κ2) is 6.31. The number of hydrogen-bond acceptors (Lipinski definition) is 3. The standard InChI is InChI=1S/C16H19F3N2O2/c1-22-12-8-14(20-11-3-6-23-7-4-11)13-2-5-21(15(13)9-12)10-16(17,18)19/h2,5,8-9,11,20H,3-4,6-7,10H2,1H3. The van der Waals surface area contributed by atoms with Gasteiger partial charge in [0.05, 0.1) is 12.6 Å². The number of nitrogens with zero attached hydrogens (tertiary/aromatic N) is 1. The van der Waals surface area contributed by atoms with Crippen molar-refractivity contribution in [2.75, 3.05) is 25.6 Å². The first-order valence-corrected chi connectivity index (χ1v) is 7.54. The summed E-state index contributed by atoms with van der Waals surface area (Å²) in [6.45, 7) is 0.375. The van der Waals surface area contributed by atoms with E-state index in [-0.39, 0.29) is 6.04 Å². The van der Waals surface area contributed by atoms with Crippen LogP contribution in [0.2, 0.25) is 0 Å². The average molecular weight is 328 g/mol. The number of alkyl halides is 3. The molecule has 0 aliphatic carbocycles. The predicted octanol–water partition coefficient (Wildman–Crippen LogP) is 3.80. The van der Waals surface area contributed by atoms with Crippen molar-refractivity contribution in [3.8, 4) is 5.75 Å². The third kappa shape index (κ3) is 3.72. The lowest BCUT2D eigenvalue weighted by molar-refractivity contribution is -0.139. The number of nitrogens with one attached hydrogen (secondary N) is 1.